The minimum absolute atomic E-state index is 0.0584. The van der Waals surface area contributed by atoms with Crippen molar-refractivity contribution in [3.05, 3.63) is 29.8 Å². The van der Waals surface area contributed by atoms with E-state index in [1.54, 1.807) is 0 Å². The van der Waals surface area contributed by atoms with Crippen molar-refractivity contribution in [1.82, 2.24) is 4.90 Å². The molecule has 1 aliphatic rings. The minimum atomic E-state index is -0.317. The number of nitrogen functional groups attached to an aromatic ring is 1. The second kappa shape index (κ2) is 4.53. The molecule has 1 aromatic rings. The zero-order valence-corrected chi connectivity index (χ0v) is 9.23. The van der Waals surface area contributed by atoms with Crippen LogP contribution in [0.5, 0.6) is 0 Å². The van der Waals surface area contributed by atoms with Crippen LogP contribution in [0.25, 0.3) is 0 Å². The molecule has 1 saturated heterocycles. The van der Waals surface area contributed by atoms with Gasteiger partial charge in [0.05, 0.1) is 6.04 Å². The van der Waals surface area contributed by atoms with Crippen LogP contribution in [0.4, 0.5) is 5.69 Å². The van der Waals surface area contributed by atoms with Crippen molar-refractivity contribution in [2.45, 2.75) is 25.4 Å². The van der Waals surface area contributed by atoms with E-state index in [1.807, 2.05) is 29.2 Å². The van der Waals surface area contributed by atoms with Crippen molar-refractivity contribution in [1.29, 1.82) is 0 Å². The van der Waals surface area contributed by atoms with Crippen LogP contribution in [-0.2, 0) is 11.3 Å². The van der Waals surface area contributed by atoms with Crippen molar-refractivity contribution in [3.8, 4) is 0 Å². The Morgan fingerprint density at radius 1 is 1.31 bits per heavy atom. The molecule has 1 unspecified atom stereocenters. The van der Waals surface area contributed by atoms with Gasteiger partial charge in [-0.1, -0.05) is 12.1 Å². The van der Waals surface area contributed by atoms with Gasteiger partial charge in [-0.05, 0) is 30.5 Å². The van der Waals surface area contributed by atoms with Crippen LogP contribution in [-0.4, -0.2) is 23.4 Å². The Bertz CT molecular complexity index is 374. The standard InChI is InChI=1S/C12H17N3O/c13-10-5-3-9(4-6-10)8-15-7-1-2-11(14)12(15)16/h3-6,11H,1-2,7-8,13-14H2. The quantitative estimate of drug-likeness (QED) is 0.720. The van der Waals surface area contributed by atoms with Gasteiger partial charge < -0.3 is 16.4 Å². The maximum atomic E-state index is 11.8. The molecule has 4 nitrogen and oxygen atoms in total. The van der Waals surface area contributed by atoms with E-state index in [4.69, 9.17) is 11.5 Å². The van der Waals surface area contributed by atoms with Crippen molar-refractivity contribution in [2.75, 3.05) is 12.3 Å². The largest absolute Gasteiger partial charge is 0.399 e. The van der Waals surface area contributed by atoms with Crippen LogP contribution in [0.3, 0.4) is 0 Å². The molecule has 0 bridgehead atoms. The van der Waals surface area contributed by atoms with E-state index in [0.29, 0.717) is 6.54 Å². The van der Waals surface area contributed by atoms with E-state index in [1.165, 1.54) is 0 Å². The fraction of sp³-hybridized carbons (Fsp3) is 0.417. The Morgan fingerprint density at radius 2 is 2.00 bits per heavy atom. The van der Waals surface area contributed by atoms with E-state index in [9.17, 15) is 4.79 Å². The third-order valence-electron chi connectivity index (χ3n) is 2.93. The van der Waals surface area contributed by atoms with Gasteiger partial charge in [-0.2, -0.15) is 0 Å². The van der Waals surface area contributed by atoms with Gasteiger partial charge in [-0.25, -0.2) is 0 Å². The summed E-state index contributed by atoms with van der Waals surface area (Å²) in [7, 11) is 0. The number of benzene rings is 1. The van der Waals surface area contributed by atoms with Crippen molar-refractivity contribution in [3.63, 3.8) is 0 Å². The Morgan fingerprint density at radius 3 is 2.69 bits per heavy atom. The lowest BCUT2D eigenvalue weighted by molar-refractivity contribution is -0.135. The number of rotatable bonds is 2. The average Bonchev–Trinajstić information content (AvgIpc) is 2.28. The molecule has 0 aliphatic carbocycles. The molecule has 0 saturated carbocycles. The summed E-state index contributed by atoms with van der Waals surface area (Å²) in [6.07, 6.45) is 1.79. The summed E-state index contributed by atoms with van der Waals surface area (Å²) in [5.41, 5.74) is 13.2. The summed E-state index contributed by atoms with van der Waals surface area (Å²) >= 11 is 0. The highest BCUT2D eigenvalue weighted by Gasteiger charge is 2.25. The Kier molecular flexibility index (Phi) is 3.10. The van der Waals surface area contributed by atoms with Gasteiger partial charge in [0.2, 0.25) is 5.91 Å². The molecular formula is C12H17N3O. The van der Waals surface area contributed by atoms with Gasteiger partial charge in [0.1, 0.15) is 0 Å². The van der Waals surface area contributed by atoms with Crippen LogP contribution in [0, 0.1) is 0 Å². The van der Waals surface area contributed by atoms with Gasteiger partial charge in [-0.3, -0.25) is 4.79 Å². The number of carbonyl (C=O) groups is 1. The van der Waals surface area contributed by atoms with Gasteiger partial charge >= 0.3 is 0 Å². The fourth-order valence-corrected chi connectivity index (χ4v) is 1.97. The third-order valence-corrected chi connectivity index (χ3v) is 2.93. The molecule has 2 rings (SSSR count). The molecule has 1 heterocycles. The molecule has 1 aliphatic heterocycles. The number of hydrogen-bond acceptors (Lipinski definition) is 3. The Hall–Kier alpha value is -1.55. The highest BCUT2D eigenvalue weighted by Crippen LogP contribution is 2.14. The lowest BCUT2D eigenvalue weighted by atomic mass is 10.0. The normalized spacial score (nSPS) is 21.2. The van der Waals surface area contributed by atoms with Gasteiger partial charge in [0, 0.05) is 18.8 Å². The molecule has 0 spiro atoms. The maximum absolute atomic E-state index is 11.8. The molecule has 0 aromatic heterocycles. The fourth-order valence-electron chi connectivity index (χ4n) is 1.97. The van der Waals surface area contributed by atoms with Crippen molar-refractivity contribution >= 4 is 11.6 Å². The lowest BCUT2D eigenvalue weighted by Gasteiger charge is -2.30. The summed E-state index contributed by atoms with van der Waals surface area (Å²) < 4.78 is 0. The number of carbonyl (C=O) groups excluding carboxylic acids is 1. The molecule has 86 valence electrons. The topological polar surface area (TPSA) is 72.3 Å². The maximum Gasteiger partial charge on any atom is 0.239 e. The summed E-state index contributed by atoms with van der Waals surface area (Å²) in [5, 5.41) is 0. The monoisotopic (exact) mass is 219 g/mol. The third kappa shape index (κ3) is 2.33. The highest BCUT2D eigenvalue weighted by molar-refractivity contribution is 5.82. The first-order valence-corrected chi connectivity index (χ1v) is 5.55. The summed E-state index contributed by atoms with van der Waals surface area (Å²) in [5.74, 6) is 0.0584. The summed E-state index contributed by atoms with van der Waals surface area (Å²) in [6.45, 7) is 1.43. The number of nitrogens with two attached hydrogens (primary N) is 2. The lowest BCUT2D eigenvalue weighted by Crippen LogP contribution is -2.47. The summed E-state index contributed by atoms with van der Waals surface area (Å²) in [4.78, 5) is 13.6. The molecule has 16 heavy (non-hydrogen) atoms. The van der Waals surface area contributed by atoms with Crippen LogP contribution in [0.2, 0.25) is 0 Å². The second-order valence-corrected chi connectivity index (χ2v) is 4.25. The number of hydrogen-bond donors (Lipinski definition) is 2. The molecule has 1 aromatic carbocycles. The number of piperidine rings is 1. The van der Waals surface area contributed by atoms with Gasteiger partial charge in [-0.15, -0.1) is 0 Å². The second-order valence-electron chi connectivity index (χ2n) is 4.25. The van der Waals surface area contributed by atoms with E-state index in [0.717, 1.165) is 30.6 Å². The smallest absolute Gasteiger partial charge is 0.239 e. The SMILES string of the molecule is Nc1ccc(CN2CCCC(N)C2=O)cc1. The number of amides is 1. The first kappa shape index (κ1) is 11.0. The summed E-state index contributed by atoms with van der Waals surface area (Å²) in [6, 6.07) is 7.28. The van der Waals surface area contributed by atoms with Crippen LogP contribution in [0.1, 0.15) is 18.4 Å². The Labute approximate surface area is 95.2 Å². The van der Waals surface area contributed by atoms with E-state index < -0.39 is 0 Å². The van der Waals surface area contributed by atoms with Gasteiger partial charge in [0.25, 0.3) is 0 Å². The molecular weight excluding hydrogens is 202 g/mol. The zero-order chi connectivity index (χ0) is 11.5. The predicted octanol–water partition coefficient (Wildman–Crippen LogP) is 0.719. The molecule has 4 heteroatoms. The van der Waals surface area contributed by atoms with Crippen LogP contribution >= 0.6 is 0 Å². The number of likely N-dealkylation sites (tertiary alicyclic amines) is 1. The van der Waals surface area contributed by atoms with Crippen molar-refractivity contribution in [2.24, 2.45) is 5.73 Å². The van der Waals surface area contributed by atoms with Crippen LogP contribution < -0.4 is 11.5 Å². The van der Waals surface area contributed by atoms with E-state index >= 15 is 0 Å². The predicted molar refractivity (Wildman–Crippen MR) is 63.5 cm³/mol. The van der Waals surface area contributed by atoms with E-state index in [2.05, 4.69) is 0 Å². The molecule has 4 N–H and O–H groups in total. The van der Waals surface area contributed by atoms with Crippen molar-refractivity contribution < 1.29 is 4.79 Å². The molecule has 1 amide bonds. The molecule has 0 radical (unpaired) electrons. The number of anilines is 1. The minimum Gasteiger partial charge on any atom is -0.399 e. The molecule has 1 fully saturated rings. The average molecular weight is 219 g/mol. The zero-order valence-electron chi connectivity index (χ0n) is 9.23. The molecule has 1 atom stereocenters. The highest BCUT2D eigenvalue weighted by atomic mass is 16.2. The first-order chi connectivity index (χ1) is 7.66. The Balaban J connectivity index is 2.03. The van der Waals surface area contributed by atoms with Gasteiger partial charge in [0.15, 0.2) is 0 Å². The number of nitrogens with zero attached hydrogens (tertiary/aromatic N) is 1. The van der Waals surface area contributed by atoms with E-state index in [-0.39, 0.29) is 11.9 Å². The van der Waals surface area contributed by atoms with Crippen LogP contribution in [0.15, 0.2) is 24.3 Å². The first-order valence-electron chi connectivity index (χ1n) is 5.55.